The predicted octanol–water partition coefficient (Wildman–Crippen LogP) is 1.80. The van der Waals surface area contributed by atoms with Crippen molar-refractivity contribution in [3.05, 3.63) is 65.5 Å². The van der Waals surface area contributed by atoms with Crippen LogP contribution in [-0.2, 0) is 13.0 Å². The maximum absolute atomic E-state index is 10.4. The molecule has 1 atom stereocenters. The molecular weight excluding hydrogens is 340 g/mol. The lowest BCUT2D eigenvalue weighted by atomic mass is 10.00. The average Bonchev–Trinajstić information content (AvgIpc) is 3.13. The Labute approximate surface area is 158 Å². The van der Waals surface area contributed by atoms with E-state index < -0.39 is 6.10 Å². The third-order valence-corrected chi connectivity index (χ3v) is 4.81. The molecule has 2 N–H and O–H groups in total. The van der Waals surface area contributed by atoms with Gasteiger partial charge < -0.3 is 10.4 Å². The Morgan fingerprint density at radius 1 is 1.11 bits per heavy atom. The van der Waals surface area contributed by atoms with Gasteiger partial charge in [-0.2, -0.15) is 5.10 Å². The fourth-order valence-corrected chi connectivity index (χ4v) is 3.38. The van der Waals surface area contributed by atoms with Gasteiger partial charge in [0.25, 0.3) is 0 Å². The molecule has 0 spiro atoms. The van der Waals surface area contributed by atoms with E-state index in [0.717, 1.165) is 25.2 Å². The van der Waals surface area contributed by atoms with Crippen molar-refractivity contribution in [1.82, 2.24) is 24.9 Å². The highest BCUT2D eigenvalue weighted by molar-refractivity contribution is 5.36. The lowest BCUT2D eigenvalue weighted by Gasteiger charge is -2.30. The van der Waals surface area contributed by atoms with Crippen LogP contribution in [0.25, 0.3) is 5.82 Å². The van der Waals surface area contributed by atoms with Crippen LogP contribution in [0.2, 0.25) is 0 Å². The van der Waals surface area contributed by atoms with Gasteiger partial charge in [-0.05, 0) is 42.7 Å². The van der Waals surface area contributed by atoms with Crippen molar-refractivity contribution in [1.29, 1.82) is 0 Å². The molecule has 4 rings (SSSR count). The first-order valence-corrected chi connectivity index (χ1v) is 9.25. The fourth-order valence-electron chi connectivity index (χ4n) is 3.38. The predicted molar refractivity (Wildman–Crippen MR) is 104 cm³/mol. The number of fused-ring (bicyclic) bond motifs is 1. The summed E-state index contributed by atoms with van der Waals surface area (Å²) in [6.45, 7) is 4.88. The second-order valence-corrected chi connectivity index (χ2v) is 6.97. The lowest BCUT2D eigenvalue weighted by Crippen LogP contribution is -2.39. The molecule has 1 aliphatic rings. The van der Waals surface area contributed by atoms with Gasteiger partial charge in [0, 0.05) is 32.4 Å². The molecule has 0 fully saturated rings. The number of hydrogen-bond donors (Lipinski definition) is 2. The highest BCUT2D eigenvalue weighted by Crippen LogP contribution is 2.18. The average molecular weight is 364 g/mol. The van der Waals surface area contributed by atoms with Crippen molar-refractivity contribution >= 4 is 5.82 Å². The molecule has 140 valence electrons. The number of nitrogens with zero attached hydrogens (tertiary/aromatic N) is 5. The van der Waals surface area contributed by atoms with Crippen molar-refractivity contribution in [2.45, 2.75) is 26.0 Å². The zero-order valence-electron chi connectivity index (χ0n) is 15.4. The van der Waals surface area contributed by atoms with Crippen molar-refractivity contribution in [2.75, 3.05) is 25.0 Å². The maximum atomic E-state index is 10.4. The third-order valence-electron chi connectivity index (χ3n) is 4.81. The second-order valence-electron chi connectivity index (χ2n) is 6.97. The van der Waals surface area contributed by atoms with Crippen LogP contribution in [0, 0.1) is 6.92 Å². The van der Waals surface area contributed by atoms with Crippen molar-refractivity contribution in [3.63, 3.8) is 0 Å². The summed E-state index contributed by atoms with van der Waals surface area (Å²) in [5, 5.41) is 26.2. The molecule has 0 amide bonds. The molecule has 1 aromatic carbocycles. The monoisotopic (exact) mass is 364 g/mol. The van der Waals surface area contributed by atoms with Crippen LogP contribution in [0.15, 0.2) is 48.7 Å². The molecule has 1 unspecified atom stereocenters. The van der Waals surface area contributed by atoms with Gasteiger partial charge in [0.05, 0.1) is 11.8 Å². The van der Waals surface area contributed by atoms with E-state index in [1.54, 1.807) is 4.68 Å². The van der Waals surface area contributed by atoms with Crippen molar-refractivity contribution in [2.24, 2.45) is 0 Å². The first kappa shape index (κ1) is 17.6. The summed E-state index contributed by atoms with van der Waals surface area (Å²) in [6, 6.07) is 14.2. The number of aryl methyl sites for hydroxylation is 1. The number of β-amino-alcohol motifs (C(OH)–C–C–N with tert-alkyl or cyclic N) is 1. The number of benzene rings is 1. The number of anilines is 1. The van der Waals surface area contributed by atoms with E-state index in [2.05, 4.69) is 49.8 Å². The van der Waals surface area contributed by atoms with Crippen molar-refractivity contribution in [3.8, 4) is 5.82 Å². The molecule has 0 aliphatic carbocycles. The van der Waals surface area contributed by atoms with E-state index in [9.17, 15) is 5.11 Å². The number of rotatable bonds is 6. The Morgan fingerprint density at radius 2 is 1.96 bits per heavy atom. The SMILES string of the molecule is Cc1ccn(-c2ccc(NCC(O)CN3CCc4ccccc4C3)nn2)n1. The van der Waals surface area contributed by atoms with Gasteiger partial charge in [0.1, 0.15) is 5.82 Å². The third kappa shape index (κ3) is 4.32. The van der Waals surface area contributed by atoms with E-state index in [0.29, 0.717) is 24.7 Å². The zero-order chi connectivity index (χ0) is 18.6. The summed E-state index contributed by atoms with van der Waals surface area (Å²) >= 11 is 0. The Balaban J connectivity index is 1.27. The molecular formula is C20H24N6O. The summed E-state index contributed by atoms with van der Waals surface area (Å²) in [6.07, 6.45) is 2.42. The van der Waals surface area contributed by atoms with Gasteiger partial charge in [-0.3, -0.25) is 4.90 Å². The van der Waals surface area contributed by atoms with Gasteiger partial charge in [-0.1, -0.05) is 24.3 Å². The first-order valence-electron chi connectivity index (χ1n) is 9.25. The minimum Gasteiger partial charge on any atom is -0.390 e. The summed E-state index contributed by atoms with van der Waals surface area (Å²) in [4.78, 5) is 2.30. The first-order chi connectivity index (χ1) is 13.2. The molecule has 3 heterocycles. The summed E-state index contributed by atoms with van der Waals surface area (Å²) < 4.78 is 1.69. The Kier molecular flexibility index (Phi) is 5.13. The van der Waals surface area contributed by atoms with E-state index in [1.165, 1.54) is 11.1 Å². The van der Waals surface area contributed by atoms with Crippen LogP contribution < -0.4 is 5.32 Å². The smallest absolute Gasteiger partial charge is 0.175 e. The standard InChI is InChI=1S/C20H24N6O/c1-15-8-11-26(24-15)20-7-6-19(22-23-20)21-12-18(27)14-25-10-9-16-4-2-3-5-17(16)13-25/h2-8,11,18,27H,9-10,12-14H2,1H3,(H,21,22). The largest absolute Gasteiger partial charge is 0.390 e. The second kappa shape index (κ2) is 7.85. The molecule has 0 saturated carbocycles. The molecule has 2 aromatic heterocycles. The summed E-state index contributed by atoms with van der Waals surface area (Å²) in [7, 11) is 0. The van der Waals surface area contributed by atoms with E-state index >= 15 is 0 Å². The minimum absolute atomic E-state index is 0.438. The number of hydrogen-bond acceptors (Lipinski definition) is 6. The molecule has 3 aromatic rings. The van der Waals surface area contributed by atoms with Gasteiger partial charge >= 0.3 is 0 Å². The number of aromatic nitrogens is 4. The highest BCUT2D eigenvalue weighted by Gasteiger charge is 2.18. The molecule has 27 heavy (non-hydrogen) atoms. The lowest BCUT2D eigenvalue weighted by molar-refractivity contribution is 0.114. The minimum atomic E-state index is -0.467. The van der Waals surface area contributed by atoms with Crippen LogP contribution >= 0.6 is 0 Å². The van der Waals surface area contributed by atoms with Crippen LogP contribution in [0.1, 0.15) is 16.8 Å². The summed E-state index contributed by atoms with van der Waals surface area (Å²) in [5.74, 6) is 1.31. The quantitative estimate of drug-likeness (QED) is 0.694. The number of aliphatic hydroxyl groups excluding tert-OH is 1. The molecule has 0 radical (unpaired) electrons. The van der Waals surface area contributed by atoms with Crippen LogP contribution in [0.5, 0.6) is 0 Å². The molecule has 0 saturated heterocycles. The van der Waals surface area contributed by atoms with Gasteiger partial charge in [0.15, 0.2) is 5.82 Å². The normalized spacial score (nSPS) is 15.3. The molecule has 0 bridgehead atoms. The summed E-state index contributed by atoms with van der Waals surface area (Å²) in [5.41, 5.74) is 3.71. The van der Waals surface area contributed by atoms with Crippen LogP contribution in [0.3, 0.4) is 0 Å². The van der Waals surface area contributed by atoms with Crippen molar-refractivity contribution < 1.29 is 5.11 Å². The Bertz CT molecular complexity index is 891. The highest BCUT2D eigenvalue weighted by atomic mass is 16.3. The van der Waals surface area contributed by atoms with Crippen LogP contribution in [0.4, 0.5) is 5.82 Å². The van der Waals surface area contributed by atoms with Gasteiger partial charge in [0.2, 0.25) is 0 Å². The zero-order valence-corrected chi connectivity index (χ0v) is 15.4. The molecule has 7 nitrogen and oxygen atoms in total. The maximum Gasteiger partial charge on any atom is 0.175 e. The van der Waals surface area contributed by atoms with E-state index in [1.807, 2.05) is 31.3 Å². The molecule has 1 aliphatic heterocycles. The number of aliphatic hydroxyl groups is 1. The van der Waals surface area contributed by atoms with Gasteiger partial charge in [-0.15, -0.1) is 10.2 Å². The Hall–Kier alpha value is -2.77. The van der Waals surface area contributed by atoms with Crippen LogP contribution in [-0.4, -0.2) is 55.7 Å². The fraction of sp³-hybridized carbons (Fsp3) is 0.350. The topological polar surface area (TPSA) is 79.1 Å². The Morgan fingerprint density at radius 3 is 2.70 bits per heavy atom. The van der Waals surface area contributed by atoms with E-state index in [-0.39, 0.29) is 0 Å². The molecule has 7 heteroatoms. The van der Waals surface area contributed by atoms with E-state index in [4.69, 9.17) is 0 Å². The number of nitrogens with one attached hydrogen (secondary N) is 1. The van der Waals surface area contributed by atoms with Gasteiger partial charge in [-0.25, -0.2) is 4.68 Å².